The lowest BCUT2D eigenvalue weighted by atomic mass is 9.98. The third-order valence-corrected chi connectivity index (χ3v) is 5.45. The molecule has 1 atom stereocenters. The molecule has 0 spiro atoms. The number of aliphatic carboxylic acids is 1. The normalized spacial score (nSPS) is 13.5. The summed E-state index contributed by atoms with van der Waals surface area (Å²) in [6, 6.07) is 12.6. The molecule has 0 saturated heterocycles. The summed E-state index contributed by atoms with van der Waals surface area (Å²) in [7, 11) is 0. The molecule has 0 aliphatic heterocycles. The third-order valence-electron chi connectivity index (χ3n) is 5.45. The Kier molecular flexibility index (Phi) is 8.69. The molecule has 1 aliphatic carbocycles. The van der Waals surface area contributed by atoms with Crippen molar-refractivity contribution in [1.82, 2.24) is 10.6 Å². The Morgan fingerprint density at radius 2 is 1.57 bits per heavy atom. The van der Waals surface area contributed by atoms with E-state index in [1.807, 2.05) is 48.5 Å². The van der Waals surface area contributed by atoms with Crippen molar-refractivity contribution in [1.29, 1.82) is 0 Å². The number of hydrogen-bond acceptors (Lipinski definition) is 5. The molecule has 0 radical (unpaired) electrons. The first-order valence-corrected chi connectivity index (χ1v) is 10.9. The van der Waals surface area contributed by atoms with E-state index in [0.717, 1.165) is 22.3 Å². The summed E-state index contributed by atoms with van der Waals surface area (Å²) < 4.78 is 50.3. The van der Waals surface area contributed by atoms with Crippen molar-refractivity contribution in [3.05, 3.63) is 59.7 Å². The van der Waals surface area contributed by atoms with Crippen LogP contribution in [0.3, 0.4) is 0 Å². The van der Waals surface area contributed by atoms with Crippen LogP contribution in [0.25, 0.3) is 11.1 Å². The first-order valence-electron chi connectivity index (χ1n) is 10.9. The minimum atomic E-state index is -4.87. The van der Waals surface area contributed by atoms with Crippen LogP contribution in [0.5, 0.6) is 0 Å². The van der Waals surface area contributed by atoms with Gasteiger partial charge in [-0.3, -0.25) is 9.59 Å². The third kappa shape index (κ3) is 7.19. The van der Waals surface area contributed by atoms with Gasteiger partial charge in [-0.2, -0.15) is 13.2 Å². The molecule has 3 N–H and O–H groups in total. The van der Waals surface area contributed by atoms with Crippen molar-refractivity contribution in [3.8, 4) is 11.1 Å². The number of halogens is 3. The fourth-order valence-corrected chi connectivity index (χ4v) is 3.81. The Morgan fingerprint density at radius 3 is 2.14 bits per heavy atom. The molecule has 2 aromatic rings. The smallest absolute Gasteiger partial charge is 0.409 e. The van der Waals surface area contributed by atoms with E-state index < -0.39 is 36.6 Å². The maximum absolute atomic E-state index is 13.4. The number of nitrogens with one attached hydrogen (secondary N) is 2. The summed E-state index contributed by atoms with van der Waals surface area (Å²) in [6.45, 7) is -0.409. The van der Waals surface area contributed by atoms with Crippen LogP contribution >= 0.6 is 0 Å². The molecule has 0 aromatic heterocycles. The molecule has 8 nitrogen and oxygen atoms in total. The van der Waals surface area contributed by atoms with Gasteiger partial charge in [0, 0.05) is 12.5 Å². The van der Waals surface area contributed by atoms with Gasteiger partial charge in [0.1, 0.15) is 12.6 Å². The van der Waals surface area contributed by atoms with E-state index in [1.54, 1.807) is 5.32 Å². The summed E-state index contributed by atoms with van der Waals surface area (Å²) >= 11 is 0. The minimum Gasteiger partial charge on any atom is -0.481 e. The number of benzene rings is 2. The number of fused-ring (bicyclic) bond motifs is 3. The average molecular weight is 494 g/mol. The van der Waals surface area contributed by atoms with Crippen molar-refractivity contribution in [2.24, 2.45) is 0 Å². The Morgan fingerprint density at radius 1 is 0.971 bits per heavy atom. The lowest BCUT2D eigenvalue weighted by Crippen LogP contribution is -2.48. The van der Waals surface area contributed by atoms with Gasteiger partial charge < -0.3 is 25.2 Å². The molecule has 11 heteroatoms. The number of hydrogen-bond donors (Lipinski definition) is 3. The van der Waals surface area contributed by atoms with Gasteiger partial charge in [0.15, 0.2) is 0 Å². The van der Waals surface area contributed by atoms with Gasteiger partial charge in [0.05, 0.1) is 26.1 Å². The van der Waals surface area contributed by atoms with Crippen LogP contribution < -0.4 is 10.6 Å². The largest absolute Gasteiger partial charge is 0.481 e. The molecule has 3 rings (SSSR count). The van der Waals surface area contributed by atoms with Gasteiger partial charge in [0.25, 0.3) is 0 Å². The van der Waals surface area contributed by atoms with Gasteiger partial charge in [-0.1, -0.05) is 48.5 Å². The van der Waals surface area contributed by atoms with E-state index in [1.165, 1.54) is 0 Å². The molecule has 2 aromatic carbocycles. The number of ether oxygens (including phenoxy) is 2. The van der Waals surface area contributed by atoms with Gasteiger partial charge in [-0.15, -0.1) is 0 Å². The number of carboxylic acids is 1. The van der Waals surface area contributed by atoms with Crippen LogP contribution in [0.15, 0.2) is 48.5 Å². The summed E-state index contributed by atoms with van der Waals surface area (Å²) in [5, 5.41) is 12.5. The Bertz CT molecular complexity index is 1010. The molecule has 0 bridgehead atoms. The summed E-state index contributed by atoms with van der Waals surface area (Å²) in [4.78, 5) is 34.5. The van der Waals surface area contributed by atoms with Crippen LogP contribution in [0, 0.1) is 0 Å². The highest BCUT2D eigenvalue weighted by atomic mass is 19.4. The van der Waals surface area contributed by atoms with Crippen LogP contribution in [0.2, 0.25) is 0 Å². The Labute approximate surface area is 199 Å². The number of amides is 2. The molecular formula is C24H25F3N2O6. The number of alkyl halides is 3. The first kappa shape index (κ1) is 26.0. The van der Waals surface area contributed by atoms with Crippen molar-refractivity contribution in [3.63, 3.8) is 0 Å². The summed E-state index contributed by atoms with van der Waals surface area (Å²) in [5.74, 6) is -2.32. The first-order chi connectivity index (χ1) is 16.7. The number of carboxylic acid groups (broad SMARTS) is 1. The highest BCUT2D eigenvalue weighted by Gasteiger charge is 2.42. The molecule has 2 amide bonds. The van der Waals surface area contributed by atoms with Gasteiger partial charge in [-0.25, -0.2) is 4.79 Å². The zero-order chi connectivity index (χ0) is 25.4. The maximum Gasteiger partial charge on any atom is 0.409 e. The number of rotatable bonds is 11. The van der Waals surface area contributed by atoms with Crippen LogP contribution in [0.4, 0.5) is 18.0 Å². The molecule has 1 unspecified atom stereocenters. The van der Waals surface area contributed by atoms with E-state index in [-0.39, 0.29) is 38.7 Å². The lowest BCUT2D eigenvalue weighted by Gasteiger charge is -2.22. The number of carbonyl (C=O) groups excluding carboxylic acids is 2. The number of carbonyl (C=O) groups is 3. The van der Waals surface area contributed by atoms with Crippen LogP contribution in [-0.4, -0.2) is 61.7 Å². The maximum atomic E-state index is 13.4. The minimum absolute atomic E-state index is 0.0600. The molecule has 0 fully saturated rings. The summed E-state index contributed by atoms with van der Waals surface area (Å²) in [5.41, 5.74) is 3.79. The summed E-state index contributed by atoms with van der Waals surface area (Å²) in [6.07, 6.45) is -7.42. The van der Waals surface area contributed by atoms with Crippen molar-refractivity contribution in [2.75, 3.05) is 26.4 Å². The molecular weight excluding hydrogens is 469 g/mol. The monoisotopic (exact) mass is 494 g/mol. The van der Waals surface area contributed by atoms with Gasteiger partial charge in [0.2, 0.25) is 5.91 Å². The van der Waals surface area contributed by atoms with Crippen molar-refractivity contribution in [2.45, 2.75) is 31.0 Å². The lowest BCUT2D eigenvalue weighted by molar-refractivity contribution is -0.160. The number of alkyl carbamates (subject to hydrolysis) is 1. The standard InChI is InChI=1S/C24H25F3N2O6/c25-24(26,27)20(13-21(30)28-10-12-34-11-9-22(31)32)29-23(33)35-14-19-17-7-3-1-5-15(17)16-6-2-4-8-18(16)19/h1-8,19-20H,9-14H2,(H,28,30)(H,29,33)(H,31,32). The van der Waals surface area contributed by atoms with E-state index in [9.17, 15) is 27.6 Å². The molecule has 35 heavy (non-hydrogen) atoms. The molecule has 0 saturated carbocycles. The van der Waals surface area contributed by atoms with Gasteiger partial charge in [-0.05, 0) is 22.3 Å². The zero-order valence-electron chi connectivity index (χ0n) is 18.6. The van der Waals surface area contributed by atoms with Crippen molar-refractivity contribution >= 4 is 18.0 Å². The van der Waals surface area contributed by atoms with E-state index in [4.69, 9.17) is 14.6 Å². The van der Waals surface area contributed by atoms with Crippen LogP contribution in [0.1, 0.15) is 29.9 Å². The molecule has 1 aliphatic rings. The second kappa shape index (κ2) is 11.7. The van der Waals surface area contributed by atoms with E-state index >= 15 is 0 Å². The van der Waals surface area contributed by atoms with Crippen LogP contribution in [-0.2, 0) is 19.1 Å². The highest BCUT2D eigenvalue weighted by Crippen LogP contribution is 2.44. The average Bonchev–Trinajstić information content (AvgIpc) is 3.12. The molecule has 0 heterocycles. The zero-order valence-corrected chi connectivity index (χ0v) is 18.6. The predicted molar refractivity (Wildman–Crippen MR) is 119 cm³/mol. The quantitative estimate of drug-likeness (QED) is 0.413. The SMILES string of the molecule is O=C(O)CCOCCNC(=O)CC(NC(=O)OCC1c2ccccc2-c2ccccc21)C(F)(F)F. The second-order valence-electron chi connectivity index (χ2n) is 7.87. The van der Waals surface area contributed by atoms with Gasteiger partial charge >= 0.3 is 18.2 Å². The Balaban J connectivity index is 1.51. The van der Waals surface area contributed by atoms with E-state index in [2.05, 4.69) is 5.32 Å². The predicted octanol–water partition coefficient (Wildman–Crippen LogP) is 3.45. The second-order valence-corrected chi connectivity index (χ2v) is 7.87. The highest BCUT2D eigenvalue weighted by molar-refractivity contribution is 5.79. The fraction of sp³-hybridized carbons (Fsp3) is 0.375. The van der Waals surface area contributed by atoms with E-state index in [0.29, 0.717) is 0 Å². The Hall–Kier alpha value is -3.60. The van der Waals surface area contributed by atoms with Crippen molar-refractivity contribution < 1.29 is 42.1 Å². The fourth-order valence-electron chi connectivity index (χ4n) is 3.81. The topological polar surface area (TPSA) is 114 Å². The molecule has 188 valence electrons.